The molecule has 0 bridgehead atoms. The van der Waals surface area contributed by atoms with Crippen LogP contribution in [0.3, 0.4) is 0 Å². The number of methoxy groups -OCH3 is 1. The summed E-state index contributed by atoms with van der Waals surface area (Å²) in [5.41, 5.74) is 0.450. The van der Waals surface area contributed by atoms with Crippen LogP contribution in [0, 0.1) is 10.1 Å². The summed E-state index contributed by atoms with van der Waals surface area (Å²) in [7, 11) is 1.41. The number of hydrogen-bond donors (Lipinski definition) is 2. The van der Waals surface area contributed by atoms with Crippen molar-refractivity contribution in [2.75, 3.05) is 20.3 Å². The number of phenols is 1. The number of halogens is 1. The second-order valence-corrected chi connectivity index (χ2v) is 6.42. The van der Waals surface area contributed by atoms with Gasteiger partial charge in [0.2, 0.25) is 0 Å². The Morgan fingerprint density at radius 2 is 2.03 bits per heavy atom. The lowest BCUT2D eigenvalue weighted by molar-refractivity contribution is -0.384. The van der Waals surface area contributed by atoms with Gasteiger partial charge in [-0.25, -0.2) is 4.79 Å². The molecule has 0 amide bonds. The van der Waals surface area contributed by atoms with Crippen molar-refractivity contribution in [3.05, 3.63) is 63.2 Å². The van der Waals surface area contributed by atoms with Gasteiger partial charge in [-0.1, -0.05) is 17.7 Å². The first-order valence-corrected chi connectivity index (χ1v) is 9.15. The van der Waals surface area contributed by atoms with Crippen molar-refractivity contribution in [1.82, 2.24) is 0 Å². The fraction of sp³-hybridized carbons (Fsp3) is 0.250. The molecule has 9 nitrogen and oxygen atoms in total. The Bertz CT molecular complexity index is 931. The number of rotatable bonds is 10. The van der Waals surface area contributed by atoms with E-state index < -0.39 is 23.6 Å². The van der Waals surface area contributed by atoms with Gasteiger partial charge in [0.1, 0.15) is 11.9 Å². The summed E-state index contributed by atoms with van der Waals surface area (Å²) in [6.45, 7) is -0.348. The van der Waals surface area contributed by atoms with Gasteiger partial charge in [-0.15, -0.1) is 0 Å². The number of non-ortho nitro benzene ring substituents is 1. The second kappa shape index (κ2) is 11.0. The highest BCUT2D eigenvalue weighted by molar-refractivity contribution is 6.32. The maximum atomic E-state index is 12.0. The molecule has 30 heavy (non-hydrogen) atoms. The molecule has 0 heterocycles. The first kappa shape index (κ1) is 23.0. The van der Waals surface area contributed by atoms with Crippen molar-refractivity contribution in [1.29, 1.82) is 0 Å². The number of hydrogen-bond acceptors (Lipinski definition) is 8. The van der Waals surface area contributed by atoms with Crippen LogP contribution in [0.4, 0.5) is 5.69 Å². The number of nitrogens with zero attached hydrogens (tertiary/aromatic N) is 1. The lowest BCUT2D eigenvalue weighted by atomic mass is 10.2. The lowest BCUT2D eigenvalue weighted by Crippen LogP contribution is -2.23. The Balaban J connectivity index is 1.86. The van der Waals surface area contributed by atoms with E-state index in [0.717, 1.165) is 0 Å². The quantitative estimate of drug-likeness (QED) is 0.250. The van der Waals surface area contributed by atoms with Crippen LogP contribution in [0.25, 0.3) is 6.08 Å². The molecule has 0 fully saturated rings. The number of aliphatic hydroxyl groups excluding tert-OH is 1. The van der Waals surface area contributed by atoms with Gasteiger partial charge in [-0.2, -0.15) is 0 Å². The first-order chi connectivity index (χ1) is 14.3. The van der Waals surface area contributed by atoms with E-state index in [2.05, 4.69) is 0 Å². The van der Waals surface area contributed by atoms with Gasteiger partial charge in [-0.05, 0) is 29.8 Å². The number of benzene rings is 2. The van der Waals surface area contributed by atoms with Crippen LogP contribution in [0.2, 0.25) is 5.02 Å². The van der Waals surface area contributed by atoms with Crippen molar-refractivity contribution < 1.29 is 34.1 Å². The highest BCUT2D eigenvalue weighted by atomic mass is 35.5. The molecule has 160 valence electrons. The van der Waals surface area contributed by atoms with Crippen LogP contribution < -0.4 is 9.47 Å². The molecular formula is C20H20ClNO8. The number of aromatic hydroxyl groups is 1. The van der Waals surface area contributed by atoms with Crippen molar-refractivity contribution in [3.8, 4) is 17.2 Å². The molecule has 0 saturated carbocycles. The fourth-order valence-electron chi connectivity index (χ4n) is 2.37. The summed E-state index contributed by atoms with van der Waals surface area (Å²) in [6.07, 6.45) is 2.03. The number of ether oxygens (including phenoxy) is 3. The number of phenolic OH excluding ortho intramolecular Hbond substituents is 1. The average Bonchev–Trinajstić information content (AvgIpc) is 2.73. The molecule has 1 atom stereocenters. The third-order valence-electron chi connectivity index (χ3n) is 3.93. The average molecular weight is 438 g/mol. The number of nitro benzene ring substituents is 1. The van der Waals surface area contributed by atoms with E-state index in [1.54, 1.807) is 12.1 Å². The standard InChI is InChI=1S/C20H20ClNO8/c1-28-19-10-13(2-5-17(19)24)3-7-20(25)30-15(12-23)8-9-29-18-6-4-14(22(26)27)11-16(18)21/h2-7,10-11,15,23-24H,8-9,12H2,1H3/b7-3+/t15-/m1/s1. The summed E-state index contributed by atoms with van der Waals surface area (Å²) >= 11 is 5.94. The zero-order valence-electron chi connectivity index (χ0n) is 16.0. The molecule has 0 radical (unpaired) electrons. The molecule has 0 aliphatic rings. The zero-order chi connectivity index (χ0) is 22.1. The molecule has 10 heteroatoms. The van der Waals surface area contributed by atoms with E-state index in [0.29, 0.717) is 5.56 Å². The Morgan fingerprint density at radius 1 is 1.27 bits per heavy atom. The molecule has 0 aromatic heterocycles. The SMILES string of the molecule is COc1cc(/C=C/C(=O)O[C@@H](CO)CCOc2ccc([N+](=O)[O-])cc2Cl)ccc1O. The smallest absolute Gasteiger partial charge is 0.331 e. The highest BCUT2D eigenvalue weighted by Crippen LogP contribution is 2.29. The summed E-state index contributed by atoms with van der Waals surface area (Å²) in [5, 5.41) is 29.8. The summed E-state index contributed by atoms with van der Waals surface area (Å²) in [4.78, 5) is 22.1. The highest BCUT2D eigenvalue weighted by Gasteiger charge is 2.14. The number of aliphatic hydroxyl groups is 1. The van der Waals surface area contributed by atoms with Gasteiger partial charge in [0, 0.05) is 24.6 Å². The molecule has 0 saturated heterocycles. The summed E-state index contributed by atoms with van der Waals surface area (Å²) < 4.78 is 15.6. The predicted molar refractivity (Wildman–Crippen MR) is 109 cm³/mol. The molecule has 0 spiro atoms. The van der Waals surface area contributed by atoms with Crippen LogP contribution in [0.5, 0.6) is 17.2 Å². The van der Waals surface area contributed by atoms with E-state index in [1.807, 2.05) is 0 Å². The van der Waals surface area contributed by atoms with Crippen molar-refractivity contribution in [2.24, 2.45) is 0 Å². The fourth-order valence-corrected chi connectivity index (χ4v) is 2.60. The van der Waals surface area contributed by atoms with Crippen molar-refractivity contribution in [2.45, 2.75) is 12.5 Å². The Morgan fingerprint density at radius 3 is 2.67 bits per heavy atom. The van der Waals surface area contributed by atoms with E-state index in [1.165, 1.54) is 43.5 Å². The minimum Gasteiger partial charge on any atom is -0.504 e. The molecule has 0 aliphatic carbocycles. The number of carbonyl (C=O) groups excluding carboxylic acids is 1. The third kappa shape index (κ3) is 6.64. The minimum atomic E-state index is -0.812. The number of nitro groups is 1. The van der Waals surface area contributed by atoms with Crippen LogP contribution in [-0.4, -0.2) is 47.5 Å². The maximum absolute atomic E-state index is 12.0. The zero-order valence-corrected chi connectivity index (χ0v) is 16.7. The van der Waals surface area contributed by atoms with Gasteiger partial charge >= 0.3 is 5.97 Å². The third-order valence-corrected chi connectivity index (χ3v) is 4.22. The summed E-state index contributed by atoms with van der Waals surface area (Å²) in [5.74, 6) is -0.188. The molecule has 2 aromatic rings. The van der Waals surface area contributed by atoms with Gasteiger partial charge < -0.3 is 24.4 Å². The van der Waals surface area contributed by atoms with Crippen LogP contribution >= 0.6 is 11.6 Å². The van der Waals surface area contributed by atoms with Gasteiger partial charge in [0.05, 0.1) is 30.3 Å². The molecule has 2 rings (SSSR count). The molecular weight excluding hydrogens is 418 g/mol. The number of esters is 1. The monoisotopic (exact) mass is 437 g/mol. The minimum absolute atomic E-state index is 0.0225. The molecule has 0 unspecified atom stereocenters. The molecule has 2 N–H and O–H groups in total. The normalized spacial score (nSPS) is 11.8. The Kier molecular flexibility index (Phi) is 8.45. The van der Waals surface area contributed by atoms with Crippen molar-refractivity contribution >= 4 is 29.3 Å². The van der Waals surface area contributed by atoms with Crippen LogP contribution in [0.15, 0.2) is 42.5 Å². The van der Waals surface area contributed by atoms with Crippen LogP contribution in [-0.2, 0) is 9.53 Å². The van der Waals surface area contributed by atoms with Gasteiger partial charge in [-0.3, -0.25) is 10.1 Å². The second-order valence-electron chi connectivity index (χ2n) is 6.02. The summed E-state index contributed by atoms with van der Waals surface area (Å²) in [6, 6.07) is 8.37. The Labute approximate surface area is 177 Å². The van der Waals surface area contributed by atoms with Gasteiger partial charge in [0.15, 0.2) is 11.5 Å². The first-order valence-electron chi connectivity index (χ1n) is 8.77. The van der Waals surface area contributed by atoms with E-state index >= 15 is 0 Å². The molecule has 0 aliphatic heterocycles. The lowest BCUT2D eigenvalue weighted by Gasteiger charge is -2.15. The van der Waals surface area contributed by atoms with E-state index in [9.17, 15) is 25.1 Å². The topological polar surface area (TPSA) is 128 Å². The largest absolute Gasteiger partial charge is 0.504 e. The molecule has 2 aromatic carbocycles. The van der Waals surface area contributed by atoms with Gasteiger partial charge in [0.25, 0.3) is 5.69 Å². The van der Waals surface area contributed by atoms with E-state index in [4.69, 9.17) is 25.8 Å². The Hall–Kier alpha value is -3.30. The van der Waals surface area contributed by atoms with E-state index in [-0.39, 0.29) is 41.0 Å². The predicted octanol–water partition coefficient (Wildman–Crippen LogP) is 3.35. The number of carbonyl (C=O) groups is 1. The van der Waals surface area contributed by atoms with Crippen molar-refractivity contribution in [3.63, 3.8) is 0 Å². The maximum Gasteiger partial charge on any atom is 0.331 e. The van der Waals surface area contributed by atoms with Crippen LogP contribution in [0.1, 0.15) is 12.0 Å².